The number of carbonyl (C=O) groups is 1. The van der Waals surface area contributed by atoms with Crippen molar-refractivity contribution in [3.8, 4) is 0 Å². The summed E-state index contributed by atoms with van der Waals surface area (Å²) in [6.45, 7) is 6.29. The second-order valence-corrected chi connectivity index (χ2v) is 5.89. The van der Waals surface area contributed by atoms with Crippen LogP contribution in [0.25, 0.3) is 0 Å². The summed E-state index contributed by atoms with van der Waals surface area (Å²) in [5.41, 5.74) is 0.710. The predicted molar refractivity (Wildman–Crippen MR) is 83.3 cm³/mol. The number of hydrogen-bond acceptors (Lipinski definition) is 2. The Hall–Kier alpha value is -1.26. The molecule has 5 heteroatoms. The molecular formula is C15H22ClN3O. The summed E-state index contributed by atoms with van der Waals surface area (Å²) in [4.78, 5) is 14.2. The largest absolute Gasteiger partial charge is 0.338 e. The number of urea groups is 1. The van der Waals surface area contributed by atoms with Crippen molar-refractivity contribution in [1.82, 2.24) is 10.2 Å². The first-order chi connectivity index (χ1) is 9.63. The Morgan fingerprint density at radius 2 is 2.15 bits per heavy atom. The van der Waals surface area contributed by atoms with Gasteiger partial charge < -0.3 is 15.5 Å². The van der Waals surface area contributed by atoms with Crippen LogP contribution in [0.4, 0.5) is 10.5 Å². The van der Waals surface area contributed by atoms with Crippen molar-refractivity contribution in [1.29, 1.82) is 0 Å². The van der Waals surface area contributed by atoms with E-state index < -0.39 is 0 Å². The number of nitrogens with one attached hydrogen (secondary N) is 2. The fraction of sp³-hybridized carbons (Fsp3) is 0.533. The van der Waals surface area contributed by atoms with Crippen LogP contribution >= 0.6 is 11.6 Å². The lowest BCUT2D eigenvalue weighted by molar-refractivity contribution is 0.245. The number of benzene rings is 1. The van der Waals surface area contributed by atoms with Crippen LogP contribution in [0.15, 0.2) is 24.3 Å². The molecule has 2 amide bonds. The second-order valence-electron chi connectivity index (χ2n) is 5.46. The number of rotatable bonds is 5. The van der Waals surface area contributed by atoms with Crippen molar-refractivity contribution in [2.45, 2.75) is 19.8 Å². The minimum atomic E-state index is -0.180. The molecular weight excluding hydrogens is 274 g/mol. The normalized spacial score (nSPS) is 16.9. The van der Waals surface area contributed by atoms with Crippen molar-refractivity contribution in [3.05, 3.63) is 29.3 Å². The molecule has 0 radical (unpaired) electrons. The molecule has 1 saturated heterocycles. The van der Waals surface area contributed by atoms with Crippen molar-refractivity contribution in [2.75, 3.05) is 31.5 Å². The van der Waals surface area contributed by atoms with Gasteiger partial charge in [0.15, 0.2) is 0 Å². The summed E-state index contributed by atoms with van der Waals surface area (Å²) in [7, 11) is 0. The molecule has 4 nitrogen and oxygen atoms in total. The number of amides is 2. The number of hydrogen-bond donors (Lipinski definition) is 2. The molecule has 20 heavy (non-hydrogen) atoms. The zero-order chi connectivity index (χ0) is 14.4. The SMILES string of the molecule is C[C@@H](CNC(=O)Nc1cccc(Cl)c1)CN1CCCC1. The molecule has 1 atom stereocenters. The van der Waals surface area contributed by atoms with E-state index in [0.717, 1.165) is 6.54 Å². The number of carbonyl (C=O) groups excluding carboxylic acids is 1. The average Bonchev–Trinajstić information content (AvgIpc) is 2.89. The zero-order valence-corrected chi connectivity index (χ0v) is 12.6. The van der Waals surface area contributed by atoms with Gasteiger partial charge in [-0.2, -0.15) is 0 Å². The molecule has 0 spiro atoms. The molecule has 0 aromatic heterocycles. The van der Waals surface area contributed by atoms with Gasteiger partial charge in [0.2, 0.25) is 0 Å². The van der Waals surface area contributed by atoms with Gasteiger partial charge in [-0.1, -0.05) is 24.6 Å². The first-order valence-electron chi connectivity index (χ1n) is 7.16. The van der Waals surface area contributed by atoms with Gasteiger partial charge in [0, 0.05) is 23.8 Å². The summed E-state index contributed by atoms with van der Waals surface area (Å²) in [6.07, 6.45) is 2.60. The summed E-state index contributed by atoms with van der Waals surface area (Å²) < 4.78 is 0. The molecule has 0 saturated carbocycles. The molecule has 110 valence electrons. The first kappa shape index (κ1) is 15.1. The van der Waals surface area contributed by atoms with Gasteiger partial charge in [0.1, 0.15) is 0 Å². The van der Waals surface area contributed by atoms with Gasteiger partial charge in [-0.15, -0.1) is 0 Å². The van der Waals surface area contributed by atoms with E-state index in [2.05, 4.69) is 22.5 Å². The number of anilines is 1. The van der Waals surface area contributed by atoms with Gasteiger partial charge in [-0.05, 0) is 50.0 Å². The van der Waals surface area contributed by atoms with Crippen molar-refractivity contribution < 1.29 is 4.79 Å². The van der Waals surface area contributed by atoms with Crippen LogP contribution in [-0.2, 0) is 0 Å². The van der Waals surface area contributed by atoms with Crippen LogP contribution in [0.1, 0.15) is 19.8 Å². The van der Waals surface area contributed by atoms with Gasteiger partial charge >= 0.3 is 6.03 Å². The third kappa shape index (κ3) is 5.02. The molecule has 0 aliphatic carbocycles. The highest BCUT2D eigenvalue weighted by Crippen LogP contribution is 2.14. The first-order valence-corrected chi connectivity index (χ1v) is 7.54. The van der Waals surface area contributed by atoms with Crippen LogP contribution < -0.4 is 10.6 Å². The predicted octanol–water partition coefficient (Wildman–Crippen LogP) is 3.19. The Morgan fingerprint density at radius 1 is 1.40 bits per heavy atom. The molecule has 0 unspecified atom stereocenters. The molecule has 1 aromatic carbocycles. The summed E-state index contributed by atoms with van der Waals surface area (Å²) in [5.74, 6) is 0.457. The maximum atomic E-state index is 11.8. The Balaban J connectivity index is 1.69. The Kier molecular flexibility index (Phi) is 5.68. The smallest absolute Gasteiger partial charge is 0.319 e. The fourth-order valence-electron chi connectivity index (χ4n) is 2.48. The van der Waals surface area contributed by atoms with E-state index in [4.69, 9.17) is 11.6 Å². The lowest BCUT2D eigenvalue weighted by atomic mass is 10.1. The molecule has 1 fully saturated rings. The second kappa shape index (κ2) is 7.50. The highest BCUT2D eigenvalue weighted by atomic mass is 35.5. The van der Waals surface area contributed by atoms with Gasteiger partial charge in [-0.3, -0.25) is 0 Å². The van der Waals surface area contributed by atoms with Gasteiger partial charge in [0.25, 0.3) is 0 Å². The van der Waals surface area contributed by atoms with E-state index in [9.17, 15) is 4.79 Å². The standard InChI is InChI=1S/C15H22ClN3O/c1-12(11-19-7-2-3-8-19)10-17-15(20)18-14-6-4-5-13(16)9-14/h4-6,9,12H,2-3,7-8,10-11H2,1H3,(H2,17,18,20)/t12-/m0/s1. The highest BCUT2D eigenvalue weighted by Gasteiger charge is 2.15. The number of halogens is 1. The zero-order valence-electron chi connectivity index (χ0n) is 11.9. The van der Waals surface area contributed by atoms with E-state index >= 15 is 0 Å². The summed E-state index contributed by atoms with van der Waals surface area (Å²) >= 11 is 5.87. The van der Waals surface area contributed by atoms with Crippen molar-refractivity contribution in [3.63, 3.8) is 0 Å². The average molecular weight is 296 g/mol. The molecule has 0 bridgehead atoms. The van der Waals surface area contributed by atoms with Crippen molar-refractivity contribution in [2.24, 2.45) is 5.92 Å². The molecule has 2 rings (SSSR count). The van der Waals surface area contributed by atoms with Crippen LogP contribution in [-0.4, -0.2) is 37.1 Å². The highest BCUT2D eigenvalue weighted by molar-refractivity contribution is 6.30. The number of likely N-dealkylation sites (tertiary alicyclic amines) is 1. The Morgan fingerprint density at radius 3 is 2.85 bits per heavy atom. The molecule has 1 aliphatic heterocycles. The third-order valence-electron chi connectivity index (χ3n) is 3.46. The molecule has 1 heterocycles. The summed E-state index contributed by atoms with van der Waals surface area (Å²) in [5, 5.41) is 6.30. The van der Waals surface area contributed by atoms with E-state index in [1.807, 2.05) is 12.1 Å². The van der Waals surface area contributed by atoms with Gasteiger partial charge in [0.05, 0.1) is 0 Å². The van der Waals surface area contributed by atoms with E-state index in [-0.39, 0.29) is 6.03 Å². The van der Waals surface area contributed by atoms with Crippen molar-refractivity contribution >= 4 is 23.3 Å². The van der Waals surface area contributed by atoms with Crippen LogP contribution in [0, 0.1) is 5.92 Å². The lowest BCUT2D eigenvalue weighted by Crippen LogP contribution is -2.36. The van der Waals surface area contributed by atoms with Crippen LogP contribution in [0.2, 0.25) is 5.02 Å². The maximum absolute atomic E-state index is 11.8. The quantitative estimate of drug-likeness (QED) is 0.876. The minimum absolute atomic E-state index is 0.180. The summed E-state index contributed by atoms with van der Waals surface area (Å²) in [6, 6.07) is 6.96. The minimum Gasteiger partial charge on any atom is -0.338 e. The van der Waals surface area contributed by atoms with Crippen LogP contribution in [0.3, 0.4) is 0 Å². The fourth-order valence-corrected chi connectivity index (χ4v) is 2.67. The third-order valence-corrected chi connectivity index (χ3v) is 3.70. The maximum Gasteiger partial charge on any atom is 0.319 e. The van der Waals surface area contributed by atoms with E-state index in [1.54, 1.807) is 12.1 Å². The molecule has 1 aliphatic rings. The molecule has 1 aromatic rings. The molecule has 2 N–H and O–H groups in total. The van der Waals surface area contributed by atoms with E-state index in [1.165, 1.54) is 25.9 Å². The lowest BCUT2D eigenvalue weighted by Gasteiger charge is -2.20. The van der Waals surface area contributed by atoms with Crippen LogP contribution in [0.5, 0.6) is 0 Å². The van der Waals surface area contributed by atoms with Gasteiger partial charge in [-0.25, -0.2) is 4.79 Å². The number of nitrogens with zero attached hydrogens (tertiary/aromatic N) is 1. The van der Waals surface area contributed by atoms with E-state index in [0.29, 0.717) is 23.2 Å². The topological polar surface area (TPSA) is 44.4 Å². The Bertz CT molecular complexity index is 446. The Labute approximate surface area is 125 Å². The monoisotopic (exact) mass is 295 g/mol.